The molecule has 0 spiro atoms. The number of aromatic nitrogens is 2. The maximum Gasteiger partial charge on any atom is 0.121 e. The number of aromatic amines is 1. The zero-order valence-corrected chi connectivity index (χ0v) is 8.41. The number of hydrogen-bond acceptors (Lipinski definition) is 1. The van der Waals surface area contributed by atoms with Crippen LogP contribution in [0.1, 0.15) is 25.5 Å². The summed E-state index contributed by atoms with van der Waals surface area (Å²) in [4.78, 5) is 0. The molecule has 0 saturated carbocycles. The number of rotatable bonds is 2. The lowest BCUT2D eigenvalue weighted by Crippen LogP contribution is -1.90. The number of benzene rings is 1. The Balaban J connectivity index is 2.47. The van der Waals surface area contributed by atoms with Crippen molar-refractivity contribution in [1.29, 1.82) is 0 Å². The Morgan fingerprint density at radius 3 is 2.57 bits per heavy atom. The lowest BCUT2D eigenvalue weighted by molar-refractivity contribution is 0.812. The summed E-state index contributed by atoms with van der Waals surface area (Å²) in [6.07, 6.45) is 3.00. The van der Waals surface area contributed by atoms with Gasteiger partial charge in [0, 0.05) is 11.3 Å². The van der Waals surface area contributed by atoms with Gasteiger partial charge in [-0.05, 0) is 11.5 Å². The van der Waals surface area contributed by atoms with Gasteiger partial charge in [0.15, 0.2) is 0 Å². The fourth-order valence-corrected chi connectivity index (χ4v) is 1.50. The van der Waals surface area contributed by atoms with Crippen molar-refractivity contribution >= 4 is 0 Å². The second-order valence-corrected chi connectivity index (χ2v) is 3.64. The summed E-state index contributed by atoms with van der Waals surface area (Å²) in [6.45, 7) is 4.29. The van der Waals surface area contributed by atoms with E-state index in [2.05, 4.69) is 42.4 Å². The molecule has 1 heterocycles. The maximum atomic E-state index is 3.97. The Morgan fingerprint density at radius 1 is 1.21 bits per heavy atom. The first-order valence-corrected chi connectivity index (χ1v) is 4.80. The summed E-state index contributed by atoms with van der Waals surface area (Å²) >= 11 is 0. The van der Waals surface area contributed by atoms with E-state index in [1.54, 1.807) is 0 Å². The van der Waals surface area contributed by atoms with Gasteiger partial charge in [-0.15, -0.1) is 0 Å². The van der Waals surface area contributed by atoms with Crippen molar-refractivity contribution in [2.75, 3.05) is 0 Å². The van der Waals surface area contributed by atoms with E-state index in [-0.39, 0.29) is 0 Å². The molecule has 0 bridgehead atoms. The van der Waals surface area contributed by atoms with Gasteiger partial charge in [0.2, 0.25) is 0 Å². The predicted octanol–water partition coefficient (Wildman–Crippen LogP) is 3.00. The second kappa shape index (κ2) is 3.66. The van der Waals surface area contributed by atoms with Crippen LogP contribution in [0.25, 0.3) is 11.1 Å². The number of H-pyrrole nitrogens is 1. The second-order valence-electron chi connectivity index (χ2n) is 3.64. The fraction of sp³-hybridized carbons (Fsp3) is 0.250. The normalized spacial score (nSPS) is 10.8. The fourth-order valence-electron chi connectivity index (χ4n) is 1.50. The first-order valence-electron chi connectivity index (χ1n) is 4.80. The molecule has 71 valence electrons. The van der Waals surface area contributed by atoms with E-state index in [0.29, 0.717) is 5.92 Å². The van der Waals surface area contributed by atoms with Gasteiger partial charge in [0.25, 0.3) is 0 Å². The third kappa shape index (κ3) is 1.55. The molecule has 0 fully saturated rings. The quantitative estimate of drug-likeness (QED) is 0.765. The molecule has 0 atom stereocenters. The highest BCUT2D eigenvalue weighted by Crippen LogP contribution is 2.25. The van der Waals surface area contributed by atoms with E-state index < -0.39 is 0 Å². The summed E-state index contributed by atoms with van der Waals surface area (Å²) in [5.41, 5.74) is 3.40. The summed E-state index contributed by atoms with van der Waals surface area (Å²) in [7, 11) is 0. The monoisotopic (exact) mass is 185 g/mol. The third-order valence-corrected chi connectivity index (χ3v) is 2.25. The van der Waals surface area contributed by atoms with Crippen LogP contribution < -0.4 is 0 Å². The Morgan fingerprint density at radius 2 is 1.93 bits per heavy atom. The van der Waals surface area contributed by atoms with Gasteiger partial charge in [-0.3, -0.25) is 5.10 Å². The highest BCUT2D eigenvalue weighted by molar-refractivity contribution is 5.64. The first-order chi connectivity index (χ1) is 6.79. The minimum atomic E-state index is 0.448. The average molecular weight is 185 g/mol. The standard InChI is InChI=1S/C12H13N2/c1-9(2)12-11(8-13-14-12)10-6-4-3-5-7-10/h3-7,9H,1-2H3,(H,13,14). The maximum absolute atomic E-state index is 3.97. The summed E-state index contributed by atoms with van der Waals surface area (Å²) in [5.74, 6) is 0.448. The van der Waals surface area contributed by atoms with Crippen LogP contribution in [0.2, 0.25) is 0 Å². The third-order valence-electron chi connectivity index (χ3n) is 2.25. The molecule has 2 nitrogen and oxygen atoms in total. The largest absolute Gasteiger partial charge is 0.281 e. The topological polar surface area (TPSA) is 28.7 Å². The lowest BCUT2D eigenvalue weighted by atomic mass is 10.0. The molecule has 2 heteroatoms. The van der Waals surface area contributed by atoms with Crippen molar-refractivity contribution < 1.29 is 0 Å². The van der Waals surface area contributed by atoms with E-state index >= 15 is 0 Å². The predicted molar refractivity (Wildman–Crippen MR) is 56.9 cm³/mol. The molecular weight excluding hydrogens is 172 g/mol. The Labute approximate surface area is 84.0 Å². The van der Waals surface area contributed by atoms with E-state index in [0.717, 1.165) is 11.3 Å². The van der Waals surface area contributed by atoms with E-state index in [1.807, 2.05) is 18.2 Å². The van der Waals surface area contributed by atoms with E-state index in [1.165, 1.54) is 5.56 Å². The zero-order chi connectivity index (χ0) is 9.97. The van der Waals surface area contributed by atoms with Crippen molar-refractivity contribution in [2.24, 2.45) is 0 Å². The van der Waals surface area contributed by atoms with Gasteiger partial charge in [0.1, 0.15) is 6.20 Å². The number of nitrogens with one attached hydrogen (secondary N) is 1. The van der Waals surface area contributed by atoms with Crippen LogP contribution in [0, 0.1) is 6.20 Å². The molecule has 1 aromatic carbocycles. The minimum absolute atomic E-state index is 0.448. The van der Waals surface area contributed by atoms with Crippen molar-refractivity contribution in [3.05, 3.63) is 42.2 Å². The molecule has 2 aromatic rings. The minimum Gasteiger partial charge on any atom is -0.281 e. The van der Waals surface area contributed by atoms with Gasteiger partial charge >= 0.3 is 0 Å². The summed E-state index contributed by atoms with van der Waals surface area (Å²) in [5, 5.41) is 6.97. The molecule has 14 heavy (non-hydrogen) atoms. The van der Waals surface area contributed by atoms with E-state index in [9.17, 15) is 0 Å². The number of nitrogens with zero attached hydrogens (tertiary/aromatic N) is 1. The van der Waals surface area contributed by atoms with Crippen molar-refractivity contribution in [3.8, 4) is 11.1 Å². The lowest BCUT2D eigenvalue weighted by Gasteiger charge is -2.05. The molecule has 1 N–H and O–H groups in total. The van der Waals surface area contributed by atoms with Crippen LogP contribution in [0.3, 0.4) is 0 Å². The van der Waals surface area contributed by atoms with E-state index in [4.69, 9.17) is 0 Å². The van der Waals surface area contributed by atoms with Gasteiger partial charge in [-0.2, -0.15) is 5.10 Å². The van der Waals surface area contributed by atoms with Gasteiger partial charge in [0.05, 0.1) is 0 Å². The van der Waals surface area contributed by atoms with Crippen molar-refractivity contribution in [3.63, 3.8) is 0 Å². The molecule has 0 aliphatic heterocycles. The smallest absolute Gasteiger partial charge is 0.121 e. The molecule has 0 aliphatic carbocycles. The van der Waals surface area contributed by atoms with Crippen LogP contribution in [0.4, 0.5) is 0 Å². The van der Waals surface area contributed by atoms with Crippen LogP contribution in [-0.4, -0.2) is 10.2 Å². The van der Waals surface area contributed by atoms with Gasteiger partial charge in [-0.1, -0.05) is 44.2 Å². The van der Waals surface area contributed by atoms with Crippen molar-refractivity contribution in [2.45, 2.75) is 19.8 Å². The first kappa shape index (κ1) is 9.00. The van der Waals surface area contributed by atoms with Crippen molar-refractivity contribution in [1.82, 2.24) is 10.2 Å². The van der Waals surface area contributed by atoms with Crippen LogP contribution in [-0.2, 0) is 0 Å². The Bertz CT molecular complexity index is 401. The zero-order valence-electron chi connectivity index (χ0n) is 8.41. The Hall–Kier alpha value is -1.57. The molecular formula is C12H13N2. The molecule has 0 unspecified atom stereocenters. The molecule has 0 amide bonds. The average Bonchev–Trinajstić information content (AvgIpc) is 2.67. The van der Waals surface area contributed by atoms with Crippen LogP contribution in [0.5, 0.6) is 0 Å². The molecule has 1 aromatic heterocycles. The molecule has 1 radical (unpaired) electrons. The molecule has 0 saturated heterocycles. The Kier molecular flexibility index (Phi) is 2.35. The van der Waals surface area contributed by atoms with Gasteiger partial charge in [-0.25, -0.2) is 0 Å². The van der Waals surface area contributed by atoms with Crippen LogP contribution in [0.15, 0.2) is 30.3 Å². The van der Waals surface area contributed by atoms with Crippen LogP contribution >= 0.6 is 0 Å². The highest BCUT2D eigenvalue weighted by atomic mass is 15.1. The highest BCUT2D eigenvalue weighted by Gasteiger charge is 2.10. The molecule has 0 aliphatic rings. The summed E-state index contributed by atoms with van der Waals surface area (Å²) < 4.78 is 0. The van der Waals surface area contributed by atoms with Gasteiger partial charge < -0.3 is 0 Å². The molecule has 2 rings (SSSR count). The SMILES string of the molecule is CC(C)c1[nH]n[c]c1-c1ccccc1. The summed E-state index contributed by atoms with van der Waals surface area (Å²) in [6, 6.07) is 10.2. The number of hydrogen-bond donors (Lipinski definition) is 1.